The summed E-state index contributed by atoms with van der Waals surface area (Å²) in [6.45, 7) is 6.28. The van der Waals surface area contributed by atoms with Gasteiger partial charge in [-0.25, -0.2) is 4.79 Å². The third kappa shape index (κ3) is 8.08. The summed E-state index contributed by atoms with van der Waals surface area (Å²) in [4.78, 5) is 40.0. The van der Waals surface area contributed by atoms with Crippen LogP contribution in [-0.4, -0.2) is 57.8 Å². The number of alkyl carbamates (subject to hydrolysis) is 1. The van der Waals surface area contributed by atoms with Crippen LogP contribution in [0.1, 0.15) is 44.9 Å². The average molecular weight is 472 g/mol. The number of hydrogen-bond donors (Lipinski definition) is 4. The van der Waals surface area contributed by atoms with Crippen molar-refractivity contribution in [3.05, 3.63) is 65.7 Å². The van der Waals surface area contributed by atoms with Crippen molar-refractivity contribution >= 4 is 17.9 Å². The first-order valence-electron chi connectivity index (χ1n) is 11.0. The van der Waals surface area contributed by atoms with Crippen molar-refractivity contribution in [2.24, 2.45) is 0 Å². The number of phenolic OH excluding ortho intramolecular Hbond substituents is 1. The van der Waals surface area contributed by atoms with Gasteiger partial charge < -0.3 is 30.5 Å². The molecule has 4 N–H and O–H groups in total. The lowest BCUT2D eigenvalue weighted by molar-refractivity contribution is -0.142. The maximum atomic E-state index is 13.3. The number of ether oxygens (including phenoxy) is 1. The van der Waals surface area contributed by atoms with E-state index in [4.69, 9.17) is 4.74 Å². The lowest BCUT2D eigenvalue weighted by Gasteiger charge is -2.33. The Balaban J connectivity index is 2.29. The van der Waals surface area contributed by atoms with Crippen LogP contribution in [0.25, 0.3) is 0 Å². The minimum atomic E-state index is -1.10. The number of rotatable bonds is 9. The first-order valence-corrected chi connectivity index (χ1v) is 11.0. The second-order valence-electron chi connectivity index (χ2n) is 8.82. The smallest absolute Gasteiger partial charge is 0.408 e. The van der Waals surface area contributed by atoms with Crippen LogP contribution in [-0.2, 0) is 20.9 Å². The molecule has 0 aliphatic heterocycles. The lowest BCUT2D eigenvalue weighted by atomic mass is 10.0. The van der Waals surface area contributed by atoms with Gasteiger partial charge in [-0.2, -0.15) is 0 Å². The highest BCUT2D eigenvalue weighted by atomic mass is 16.6. The Morgan fingerprint density at radius 1 is 1.03 bits per heavy atom. The second-order valence-corrected chi connectivity index (χ2v) is 8.82. The van der Waals surface area contributed by atoms with Gasteiger partial charge in [0.1, 0.15) is 23.4 Å². The molecule has 0 aliphatic carbocycles. The predicted octanol–water partition coefficient (Wildman–Crippen LogP) is 2.48. The topological polar surface area (TPSA) is 128 Å². The van der Waals surface area contributed by atoms with Gasteiger partial charge in [0.25, 0.3) is 0 Å². The number of aromatic hydroxyl groups is 1. The summed E-state index contributed by atoms with van der Waals surface area (Å²) in [6.07, 6.45) is -0.771. The van der Waals surface area contributed by atoms with Crippen molar-refractivity contribution in [2.75, 3.05) is 13.2 Å². The molecular weight excluding hydrogens is 438 g/mol. The van der Waals surface area contributed by atoms with Crippen molar-refractivity contribution in [3.63, 3.8) is 0 Å². The van der Waals surface area contributed by atoms with Gasteiger partial charge >= 0.3 is 6.09 Å². The molecule has 0 bridgehead atoms. The molecule has 184 valence electrons. The summed E-state index contributed by atoms with van der Waals surface area (Å²) in [5, 5.41) is 24.6. The van der Waals surface area contributed by atoms with Gasteiger partial charge in [0.05, 0.1) is 6.61 Å². The van der Waals surface area contributed by atoms with E-state index in [2.05, 4.69) is 10.6 Å². The maximum Gasteiger partial charge on any atom is 0.408 e. The first kappa shape index (κ1) is 26.7. The van der Waals surface area contributed by atoms with Crippen LogP contribution in [0.4, 0.5) is 4.79 Å². The molecule has 2 unspecified atom stereocenters. The molecule has 0 saturated heterocycles. The molecule has 0 aromatic heterocycles. The molecule has 0 heterocycles. The van der Waals surface area contributed by atoms with Crippen molar-refractivity contribution in [1.29, 1.82) is 0 Å². The Bertz CT molecular complexity index is 957. The van der Waals surface area contributed by atoms with Crippen molar-refractivity contribution in [2.45, 2.75) is 51.9 Å². The molecule has 2 aromatic rings. The molecule has 0 aliphatic rings. The summed E-state index contributed by atoms with van der Waals surface area (Å²) in [7, 11) is 0. The molecule has 2 atom stereocenters. The number of benzene rings is 2. The van der Waals surface area contributed by atoms with Crippen LogP contribution in [0.5, 0.6) is 5.75 Å². The Kier molecular flexibility index (Phi) is 9.44. The molecule has 0 spiro atoms. The van der Waals surface area contributed by atoms with E-state index in [1.54, 1.807) is 20.8 Å². The third-order valence-electron chi connectivity index (χ3n) is 4.81. The van der Waals surface area contributed by atoms with Gasteiger partial charge in [0.2, 0.25) is 11.8 Å². The molecule has 9 nitrogen and oxygen atoms in total. The Labute approximate surface area is 199 Å². The highest BCUT2D eigenvalue weighted by Crippen LogP contribution is 2.24. The molecule has 34 heavy (non-hydrogen) atoms. The SMILES string of the molecule is CC(NC(=O)OC(C)(C)C)C(=O)N(CCO)C(C(=O)NCc1ccccc1)c1ccc(O)cc1. The Hall–Kier alpha value is -3.59. The molecule has 9 heteroatoms. The van der Waals surface area contributed by atoms with E-state index < -0.39 is 42.2 Å². The Morgan fingerprint density at radius 2 is 1.65 bits per heavy atom. The summed E-state index contributed by atoms with van der Waals surface area (Å²) in [5.74, 6) is -1.04. The molecule has 0 saturated carbocycles. The average Bonchev–Trinajstić information content (AvgIpc) is 2.77. The van der Waals surface area contributed by atoms with Gasteiger partial charge in [0.15, 0.2) is 0 Å². The molecule has 0 fully saturated rings. The number of carbonyl (C=O) groups excluding carboxylic acids is 3. The highest BCUT2D eigenvalue weighted by molar-refractivity contribution is 5.92. The predicted molar refractivity (Wildman–Crippen MR) is 127 cm³/mol. The van der Waals surface area contributed by atoms with Crippen LogP contribution in [0.2, 0.25) is 0 Å². The van der Waals surface area contributed by atoms with E-state index >= 15 is 0 Å². The largest absolute Gasteiger partial charge is 0.508 e. The van der Waals surface area contributed by atoms with Gasteiger partial charge in [-0.05, 0) is 51.0 Å². The summed E-state index contributed by atoms with van der Waals surface area (Å²) in [6, 6.07) is 13.1. The summed E-state index contributed by atoms with van der Waals surface area (Å²) >= 11 is 0. The number of amides is 3. The van der Waals surface area contributed by atoms with Crippen LogP contribution in [0, 0.1) is 0 Å². The molecule has 2 rings (SSSR count). The number of hydrogen-bond acceptors (Lipinski definition) is 6. The number of carbonyl (C=O) groups is 3. The number of nitrogens with one attached hydrogen (secondary N) is 2. The van der Waals surface area contributed by atoms with Crippen molar-refractivity contribution < 1.29 is 29.3 Å². The van der Waals surface area contributed by atoms with E-state index in [1.807, 2.05) is 30.3 Å². The molecular formula is C25H33N3O6. The fourth-order valence-corrected chi connectivity index (χ4v) is 3.28. The Morgan fingerprint density at radius 3 is 2.21 bits per heavy atom. The zero-order valence-electron chi connectivity index (χ0n) is 19.9. The summed E-state index contributed by atoms with van der Waals surface area (Å²) in [5.41, 5.74) is 0.568. The fraction of sp³-hybridized carbons (Fsp3) is 0.400. The van der Waals surface area contributed by atoms with E-state index in [9.17, 15) is 24.6 Å². The lowest BCUT2D eigenvalue weighted by Crippen LogP contribution is -2.52. The van der Waals surface area contributed by atoms with E-state index in [1.165, 1.54) is 36.1 Å². The normalized spacial score (nSPS) is 12.9. The number of aliphatic hydroxyl groups is 1. The van der Waals surface area contributed by atoms with Gasteiger partial charge in [0, 0.05) is 13.1 Å². The van der Waals surface area contributed by atoms with Crippen LogP contribution < -0.4 is 10.6 Å². The molecule has 0 radical (unpaired) electrons. The quantitative estimate of drug-likeness (QED) is 0.445. The van der Waals surface area contributed by atoms with Crippen molar-refractivity contribution in [3.8, 4) is 5.75 Å². The minimum Gasteiger partial charge on any atom is -0.508 e. The maximum absolute atomic E-state index is 13.3. The van der Waals surface area contributed by atoms with Gasteiger partial charge in [-0.3, -0.25) is 9.59 Å². The monoisotopic (exact) mass is 471 g/mol. The van der Waals surface area contributed by atoms with E-state index in [-0.39, 0.29) is 18.8 Å². The third-order valence-corrected chi connectivity index (χ3v) is 4.81. The van der Waals surface area contributed by atoms with E-state index in [0.29, 0.717) is 5.56 Å². The minimum absolute atomic E-state index is 0.00666. The second kappa shape index (κ2) is 12.0. The van der Waals surface area contributed by atoms with Gasteiger partial charge in [-0.15, -0.1) is 0 Å². The van der Waals surface area contributed by atoms with Gasteiger partial charge in [-0.1, -0.05) is 42.5 Å². The summed E-state index contributed by atoms with van der Waals surface area (Å²) < 4.78 is 5.21. The van der Waals surface area contributed by atoms with Crippen LogP contribution >= 0.6 is 0 Å². The first-order chi connectivity index (χ1) is 16.0. The number of nitrogens with zero attached hydrogens (tertiary/aromatic N) is 1. The zero-order chi connectivity index (χ0) is 25.3. The molecule has 3 amide bonds. The van der Waals surface area contributed by atoms with Crippen LogP contribution in [0.15, 0.2) is 54.6 Å². The van der Waals surface area contributed by atoms with E-state index in [0.717, 1.165) is 5.56 Å². The molecule has 2 aromatic carbocycles. The van der Waals surface area contributed by atoms with Crippen molar-refractivity contribution in [1.82, 2.24) is 15.5 Å². The van der Waals surface area contributed by atoms with Crippen LogP contribution in [0.3, 0.4) is 0 Å². The zero-order valence-corrected chi connectivity index (χ0v) is 19.9. The number of phenols is 1. The fourth-order valence-electron chi connectivity index (χ4n) is 3.28. The highest BCUT2D eigenvalue weighted by Gasteiger charge is 2.34. The number of aliphatic hydroxyl groups excluding tert-OH is 1. The standard InChI is InChI=1S/C25H33N3O6/c1-17(27-24(33)34-25(2,3)4)23(32)28(14-15-29)21(19-10-12-20(30)13-11-19)22(31)26-16-18-8-6-5-7-9-18/h5-13,17,21,29-30H,14-16H2,1-4H3,(H,26,31)(H,27,33).